The number of nitrogens with zero attached hydrogens (tertiary/aromatic N) is 7. The molecule has 1 heterocycles. The van der Waals surface area contributed by atoms with Gasteiger partial charge in [0.25, 0.3) is 11.8 Å². The molecule has 0 saturated heterocycles. The van der Waals surface area contributed by atoms with Crippen molar-refractivity contribution in [1.82, 2.24) is 51.2 Å². The zero-order valence-electron chi connectivity index (χ0n) is 35.6. The highest BCUT2D eigenvalue weighted by Crippen LogP contribution is 2.19. The van der Waals surface area contributed by atoms with Crippen molar-refractivity contribution in [3.05, 3.63) is 114 Å². The highest BCUT2D eigenvalue weighted by molar-refractivity contribution is 5.88. The van der Waals surface area contributed by atoms with Crippen molar-refractivity contribution in [3.8, 4) is 0 Å². The highest BCUT2D eigenvalue weighted by Gasteiger charge is 2.38. The third-order valence-corrected chi connectivity index (χ3v) is 9.43. The molecule has 3 aromatic carbocycles. The quantitative estimate of drug-likeness (QED) is 0.0975. The first-order chi connectivity index (χ1) is 29.2. The van der Waals surface area contributed by atoms with Crippen LogP contribution in [0.3, 0.4) is 0 Å². The molecule has 0 fully saturated rings. The van der Waals surface area contributed by atoms with Gasteiger partial charge in [0.05, 0.1) is 19.1 Å². The maximum Gasteiger partial charge on any atom is 0.408 e. The lowest BCUT2D eigenvalue weighted by Crippen LogP contribution is -2.59. The van der Waals surface area contributed by atoms with Gasteiger partial charge in [-0.3, -0.25) is 24.7 Å². The number of hydrogen-bond donors (Lipinski definition) is 3. The molecular formula is C43H57FN10O7. The fourth-order valence-electron chi connectivity index (χ4n) is 6.22. The molecule has 3 N–H and O–H groups in total. The Morgan fingerprint density at radius 1 is 0.803 bits per heavy atom. The average Bonchev–Trinajstić information content (AvgIpc) is 3.76. The number of hydroxylamine groups is 2. The molecule has 0 aliphatic heterocycles. The van der Waals surface area contributed by atoms with Gasteiger partial charge in [-0.1, -0.05) is 100 Å². The smallest absolute Gasteiger partial charge is 0.408 e. The second-order valence-corrected chi connectivity index (χ2v) is 15.6. The summed E-state index contributed by atoms with van der Waals surface area (Å²) < 4.78 is 20.9. The van der Waals surface area contributed by atoms with Gasteiger partial charge >= 0.3 is 12.1 Å². The molecule has 0 spiro atoms. The molecular weight excluding hydrogens is 788 g/mol. The molecule has 18 heteroatoms. The van der Waals surface area contributed by atoms with E-state index in [-0.39, 0.29) is 51.5 Å². The van der Waals surface area contributed by atoms with Crippen LogP contribution in [-0.4, -0.2) is 110 Å². The fraction of sp³-hybridized carbons (Fsp3) is 0.442. The van der Waals surface area contributed by atoms with Crippen LogP contribution in [0.4, 0.5) is 9.18 Å². The summed E-state index contributed by atoms with van der Waals surface area (Å²) in [5.74, 6) is -3.73. The molecule has 0 aliphatic carbocycles. The Bertz CT molecular complexity index is 1970. The van der Waals surface area contributed by atoms with E-state index < -0.39 is 59.6 Å². The lowest BCUT2D eigenvalue weighted by atomic mass is 10.0. The zero-order valence-corrected chi connectivity index (χ0v) is 35.6. The van der Waals surface area contributed by atoms with Crippen LogP contribution in [0, 0.1) is 17.7 Å². The SMILES string of the molecule is CC(C)[C@H](NC(=O)CCn1cnnn1)C(=O)NN(Cc1ccc(F)cc1)C[C@H](CCc1ccccc1)N(OC(=O)CN(C)C)C(=O)[C@@H](NC(=O)OCc1ccccc1)C(C)C. The second-order valence-electron chi connectivity index (χ2n) is 15.6. The normalized spacial score (nSPS) is 12.8. The molecule has 0 aliphatic rings. The summed E-state index contributed by atoms with van der Waals surface area (Å²) in [7, 11) is 3.36. The largest absolute Gasteiger partial charge is 0.445 e. The number of carbonyl (C=O) groups excluding carboxylic acids is 5. The van der Waals surface area contributed by atoms with Crippen LogP contribution < -0.4 is 16.1 Å². The minimum atomic E-state index is -1.20. The van der Waals surface area contributed by atoms with E-state index in [0.29, 0.717) is 12.0 Å². The molecule has 4 aromatic rings. The lowest BCUT2D eigenvalue weighted by molar-refractivity contribution is -0.212. The molecule has 1 aromatic heterocycles. The third-order valence-electron chi connectivity index (χ3n) is 9.43. The number of rotatable bonds is 22. The van der Waals surface area contributed by atoms with Crippen molar-refractivity contribution < 1.29 is 37.9 Å². The Kier molecular flexibility index (Phi) is 18.7. The van der Waals surface area contributed by atoms with Crippen molar-refractivity contribution in [1.29, 1.82) is 0 Å². The number of nitrogens with one attached hydrogen (secondary N) is 3. The predicted octanol–water partition coefficient (Wildman–Crippen LogP) is 3.68. The summed E-state index contributed by atoms with van der Waals surface area (Å²) in [6, 6.07) is 21.1. The van der Waals surface area contributed by atoms with E-state index in [9.17, 15) is 28.4 Å². The summed E-state index contributed by atoms with van der Waals surface area (Å²) in [6.07, 6.45) is 1.18. The van der Waals surface area contributed by atoms with E-state index >= 15 is 0 Å². The minimum Gasteiger partial charge on any atom is -0.445 e. The summed E-state index contributed by atoms with van der Waals surface area (Å²) in [5.41, 5.74) is 5.22. The first-order valence-corrected chi connectivity index (χ1v) is 20.2. The number of carbonyl (C=O) groups is 5. The van der Waals surface area contributed by atoms with Crippen LogP contribution in [0.2, 0.25) is 0 Å². The monoisotopic (exact) mass is 844 g/mol. The van der Waals surface area contributed by atoms with Gasteiger partial charge in [0.15, 0.2) is 0 Å². The van der Waals surface area contributed by atoms with Crippen molar-refractivity contribution in [2.24, 2.45) is 11.8 Å². The number of halogens is 1. The predicted molar refractivity (Wildman–Crippen MR) is 223 cm³/mol. The lowest BCUT2D eigenvalue weighted by Gasteiger charge is -2.37. The molecule has 0 unspecified atom stereocenters. The Balaban J connectivity index is 1.68. The Morgan fingerprint density at radius 2 is 1.44 bits per heavy atom. The molecule has 328 valence electrons. The molecule has 0 radical (unpaired) electrons. The molecule has 3 atom stereocenters. The van der Waals surface area contributed by atoms with Crippen molar-refractivity contribution in [2.45, 2.75) is 84.8 Å². The number of alkyl carbamates (subject to hydrolysis) is 1. The number of hydrogen-bond acceptors (Lipinski definition) is 12. The Labute approximate surface area is 355 Å². The maximum absolute atomic E-state index is 14.8. The van der Waals surface area contributed by atoms with Crippen molar-refractivity contribution in [3.63, 3.8) is 0 Å². The van der Waals surface area contributed by atoms with E-state index in [1.807, 2.05) is 48.5 Å². The summed E-state index contributed by atoms with van der Waals surface area (Å²) in [5, 5.41) is 18.9. The number of hydrazine groups is 1. The van der Waals surface area contributed by atoms with Crippen LogP contribution >= 0.6 is 0 Å². The van der Waals surface area contributed by atoms with E-state index in [1.54, 1.807) is 76.0 Å². The van der Waals surface area contributed by atoms with Gasteiger partial charge in [0.1, 0.15) is 30.8 Å². The fourth-order valence-corrected chi connectivity index (χ4v) is 6.22. The summed E-state index contributed by atoms with van der Waals surface area (Å²) in [4.78, 5) is 76.2. The molecule has 0 bridgehead atoms. The molecule has 17 nitrogen and oxygen atoms in total. The van der Waals surface area contributed by atoms with E-state index in [0.717, 1.165) is 16.2 Å². The number of tetrazole rings is 1. The van der Waals surface area contributed by atoms with Crippen LogP contribution in [0.1, 0.15) is 57.2 Å². The van der Waals surface area contributed by atoms with Crippen molar-refractivity contribution >= 4 is 29.8 Å². The number of amides is 4. The van der Waals surface area contributed by atoms with Gasteiger partial charge < -0.3 is 20.2 Å². The Hall–Kier alpha value is -6.27. The molecule has 4 amide bonds. The third kappa shape index (κ3) is 16.4. The topological polar surface area (TPSA) is 193 Å². The number of aromatic nitrogens is 4. The van der Waals surface area contributed by atoms with Gasteiger partial charge in [-0.05, 0) is 78.0 Å². The van der Waals surface area contributed by atoms with Crippen molar-refractivity contribution in [2.75, 3.05) is 27.2 Å². The van der Waals surface area contributed by atoms with Gasteiger partial charge in [-0.15, -0.1) is 5.10 Å². The molecule has 61 heavy (non-hydrogen) atoms. The van der Waals surface area contributed by atoms with Crippen LogP contribution in [-0.2, 0) is 54.9 Å². The molecule has 0 saturated carbocycles. The second kappa shape index (κ2) is 24.1. The van der Waals surface area contributed by atoms with Gasteiger partial charge in [0.2, 0.25) is 5.91 Å². The number of ether oxygens (including phenoxy) is 1. The van der Waals surface area contributed by atoms with Gasteiger partial charge in [-0.25, -0.2) is 23.7 Å². The zero-order chi connectivity index (χ0) is 44.3. The highest BCUT2D eigenvalue weighted by atomic mass is 19.1. The van der Waals surface area contributed by atoms with Gasteiger partial charge in [-0.2, -0.15) is 5.06 Å². The number of likely N-dealkylation sites (N-methyl/N-ethyl adjacent to an activating group) is 1. The average molecular weight is 845 g/mol. The van der Waals surface area contributed by atoms with E-state index in [4.69, 9.17) is 9.57 Å². The number of benzene rings is 3. The van der Waals surface area contributed by atoms with Crippen LogP contribution in [0.15, 0.2) is 91.3 Å². The van der Waals surface area contributed by atoms with Gasteiger partial charge in [0, 0.05) is 19.5 Å². The van der Waals surface area contributed by atoms with E-state index in [1.165, 1.54) is 23.1 Å². The first kappa shape index (κ1) is 47.4. The standard InChI is InChI=1S/C43H57FN10O7/c1-30(2)39(46-37(55)23-24-52-29-45-49-50-52)41(57)48-53(25-33-17-20-35(44)21-18-33)26-36(22-19-32-13-9-7-10-14-32)54(61-38(56)27-51(5)6)42(58)40(31(3)4)47-43(59)60-28-34-15-11-8-12-16-34/h7-18,20-21,29-31,36,39-40H,19,22-28H2,1-6H3,(H,46,55)(H,47,59)(H,48,57)/t36-,39-,40-/m0/s1. The maximum atomic E-state index is 14.8. The summed E-state index contributed by atoms with van der Waals surface area (Å²) >= 11 is 0. The summed E-state index contributed by atoms with van der Waals surface area (Å²) in [6.45, 7) is 6.94. The van der Waals surface area contributed by atoms with E-state index in [2.05, 4.69) is 31.6 Å². The minimum absolute atomic E-state index is 0.00261. The van der Waals surface area contributed by atoms with Crippen LogP contribution in [0.5, 0.6) is 0 Å². The Morgan fingerprint density at radius 3 is 2.03 bits per heavy atom. The first-order valence-electron chi connectivity index (χ1n) is 20.2. The van der Waals surface area contributed by atoms with Crippen LogP contribution in [0.25, 0.3) is 0 Å². The molecule has 4 rings (SSSR count). The number of aryl methyl sites for hydroxylation is 2.